The molecule has 3 nitrogen and oxygen atoms in total. The van der Waals surface area contributed by atoms with E-state index in [1.807, 2.05) is 18.2 Å². The minimum atomic E-state index is 0.115. The van der Waals surface area contributed by atoms with Crippen molar-refractivity contribution in [2.75, 3.05) is 13.2 Å². The zero-order valence-corrected chi connectivity index (χ0v) is 16.0. The highest BCUT2D eigenvalue weighted by Crippen LogP contribution is 2.26. The molecule has 1 amide bonds. The summed E-state index contributed by atoms with van der Waals surface area (Å²) in [6, 6.07) is 16.8. The van der Waals surface area contributed by atoms with Gasteiger partial charge in [0.25, 0.3) is 0 Å². The minimum Gasteiger partial charge on any atom is -0.493 e. The van der Waals surface area contributed by atoms with Crippen LogP contribution >= 0.6 is 0 Å². The largest absolute Gasteiger partial charge is 0.493 e. The molecule has 0 fully saturated rings. The molecule has 1 aliphatic rings. The van der Waals surface area contributed by atoms with Crippen molar-refractivity contribution < 1.29 is 9.53 Å². The number of aryl methyl sites for hydroxylation is 1. The van der Waals surface area contributed by atoms with E-state index >= 15 is 0 Å². The van der Waals surface area contributed by atoms with Crippen LogP contribution in [0.3, 0.4) is 0 Å². The van der Waals surface area contributed by atoms with Crippen LogP contribution in [0, 0.1) is 5.92 Å². The topological polar surface area (TPSA) is 38.3 Å². The predicted molar refractivity (Wildman–Crippen MR) is 106 cm³/mol. The van der Waals surface area contributed by atoms with Gasteiger partial charge in [-0.3, -0.25) is 4.79 Å². The van der Waals surface area contributed by atoms with Gasteiger partial charge in [0.2, 0.25) is 5.91 Å². The van der Waals surface area contributed by atoms with Gasteiger partial charge in [-0.2, -0.15) is 0 Å². The van der Waals surface area contributed by atoms with Gasteiger partial charge < -0.3 is 10.1 Å². The van der Waals surface area contributed by atoms with E-state index in [0.717, 1.165) is 18.6 Å². The number of carbonyl (C=O) groups is 1. The number of carbonyl (C=O) groups excluding carboxylic acids is 1. The number of nitrogens with one attached hydrogen (secondary N) is 1. The molecule has 3 rings (SSSR count). The van der Waals surface area contributed by atoms with Crippen LogP contribution in [0.5, 0.6) is 5.75 Å². The zero-order valence-electron chi connectivity index (χ0n) is 16.0. The number of fused-ring (bicyclic) bond motifs is 1. The van der Waals surface area contributed by atoms with E-state index in [1.54, 1.807) is 0 Å². The van der Waals surface area contributed by atoms with Crippen LogP contribution in [0.25, 0.3) is 0 Å². The lowest BCUT2D eigenvalue weighted by atomic mass is 9.86. The molecule has 1 N–H and O–H groups in total. The summed E-state index contributed by atoms with van der Waals surface area (Å²) in [7, 11) is 0. The van der Waals surface area contributed by atoms with E-state index in [1.165, 1.54) is 16.7 Å². The summed E-state index contributed by atoms with van der Waals surface area (Å²) in [4.78, 5) is 12.2. The Hall–Kier alpha value is -2.29. The maximum atomic E-state index is 12.2. The van der Waals surface area contributed by atoms with Gasteiger partial charge in [-0.1, -0.05) is 63.2 Å². The third-order valence-electron chi connectivity index (χ3n) is 5.00. The summed E-state index contributed by atoms with van der Waals surface area (Å²) in [6.07, 6.45) is 2.27. The van der Waals surface area contributed by atoms with Crippen molar-refractivity contribution in [3.8, 4) is 5.75 Å². The zero-order chi connectivity index (χ0) is 18.6. The summed E-state index contributed by atoms with van der Waals surface area (Å²) >= 11 is 0. The number of hydrogen-bond acceptors (Lipinski definition) is 2. The Bertz CT molecular complexity index is 744. The molecule has 0 aliphatic carbocycles. The highest BCUT2D eigenvalue weighted by molar-refractivity contribution is 5.76. The lowest BCUT2D eigenvalue weighted by Gasteiger charge is -2.25. The molecule has 0 radical (unpaired) electrons. The molecular formula is C23H29NO2. The van der Waals surface area contributed by atoms with E-state index in [0.29, 0.717) is 25.5 Å². The molecule has 1 unspecified atom stereocenters. The normalized spacial score (nSPS) is 16.5. The molecule has 2 aromatic carbocycles. The van der Waals surface area contributed by atoms with Crippen LogP contribution in [0.2, 0.25) is 0 Å². The third-order valence-corrected chi connectivity index (χ3v) is 5.00. The summed E-state index contributed by atoms with van der Waals surface area (Å²) < 4.78 is 5.78. The molecule has 138 valence electrons. The summed E-state index contributed by atoms with van der Waals surface area (Å²) in [5.41, 5.74) is 3.93. The fraction of sp³-hybridized carbons (Fsp3) is 0.435. The second-order valence-electron chi connectivity index (χ2n) is 8.24. The van der Waals surface area contributed by atoms with Crippen LogP contribution in [0.1, 0.15) is 43.9 Å². The first kappa shape index (κ1) is 18.5. The lowest BCUT2D eigenvalue weighted by Crippen LogP contribution is -2.34. The van der Waals surface area contributed by atoms with Crippen molar-refractivity contribution in [3.63, 3.8) is 0 Å². The fourth-order valence-corrected chi connectivity index (χ4v) is 3.30. The molecule has 1 aliphatic heterocycles. The van der Waals surface area contributed by atoms with Gasteiger partial charge in [-0.15, -0.1) is 0 Å². The predicted octanol–water partition coefficient (Wildman–Crippen LogP) is 4.28. The lowest BCUT2D eigenvalue weighted by molar-refractivity contribution is -0.121. The number of hydrogen-bond donors (Lipinski definition) is 1. The second-order valence-corrected chi connectivity index (χ2v) is 8.24. The van der Waals surface area contributed by atoms with Crippen LogP contribution in [0.4, 0.5) is 0 Å². The van der Waals surface area contributed by atoms with Crippen molar-refractivity contribution in [1.82, 2.24) is 5.32 Å². The maximum absolute atomic E-state index is 12.2. The Morgan fingerprint density at radius 1 is 1.12 bits per heavy atom. The Kier molecular flexibility index (Phi) is 5.65. The highest BCUT2D eigenvalue weighted by atomic mass is 16.5. The summed E-state index contributed by atoms with van der Waals surface area (Å²) in [5, 5.41) is 3.07. The van der Waals surface area contributed by atoms with Crippen molar-refractivity contribution in [2.24, 2.45) is 5.92 Å². The molecule has 1 heterocycles. The first-order valence-corrected chi connectivity index (χ1v) is 9.48. The maximum Gasteiger partial charge on any atom is 0.220 e. The Morgan fingerprint density at radius 3 is 2.58 bits per heavy atom. The Labute approximate surface area is 156 Å². The first-order valence-electron chi connectivity index (χ1n) is 9.48. The first-order chi connectivity index (χ1) is 12.4. The SMILES string of the molecule is CC(C)(C)c1ccc(CCC(=O)NCC2COc3ccccc3C2)cc1. The van der Waals surface area contributed by atoms with Crippen LogP contribution < -0.4 is 10.1 Å². The van der Waals surface area contributed by atoms with E-state index in [9.17, 15) is 4.79 Å². The monoisotopic (exact) mass is 351 g/mol. The van der Waals surface area contributed by atoms with Gasteiger partial charge in [0, 0.05) is 18.9 Å². The van der Waals surface area contributed by atoms with Crippen molar-refractivity contribution in [1.29, 1.82) is 0 Å². The molecule has 2 aromatic rings. The van der Waals surface area contributed by atoms with E-state index in [2.05, 4.69) is 56.4 Å². The van der Waals surface area contributed by atoms with E-state index < -0.39 is 0 Å². The molecule has 26 heavy (non-hydrogen) atoms. The Balaban J connectivity index is 1.42. The van der Waals surface area contributed by atoms with Gasteiger partial charge in [0.15, 0.2) is 0 Å². The van der Waals surface area contributed by atoms with Crippen molar-refractivity contribution in [2.45, 2.75) is 45.4 Å². The standard InChI is InChI=1S/C23H29NO2/c1-23(2,3)20-11-8-17(9-12-20)10-13-22(25)24-15-18-14-19-6-4-5-7-21(19)26-16-18/h4-9,11-12,18H,10,13-16H2,1-3H3,(H,24,25). The van der Waals surface area contributed by atoms with Crippen LogP contribution in [-0.4, -0.2) is 19.1 Å². The minimum absolute atomic E-state index is 0.115. The molecule has 0 spiro atoms. The Morgan fingerprint density at radius 2 is 1.85 bits per heavy atom. The average Bonchev–Trinajstić information content (AvgIpc) is 2.64. The van der Waals surface area contributed by atoms with Gasteiger partial charge in [0.1, 0.15) is 5.75 Å². The van der Waals surface area contributed by atoms with E-state index in [-0.39, 0.29) is 11.3 Å². The van der Waals surface area contributed by atoms with Crippen molar-refractivity contribution >= 4 is 5.91 Å². The number of benzene rings is 2. The quantitative estimate of drug-likeness (QED) is 0.873. The van der Waals surface area contributed by atoms with Crippen LogP contribution in [0.15, 0.2) is 48.5 Å². The third kappa shape index (κ3) is 4.87. The van der Waals surface area contributed by atoms with Crippen molar-refractivity contribution in [3.05, 3.63) is 65.2 Å². The fourth-order valence-electron chi connectivity index (χ4n) is 3.30. The molecule has 0 saturated carbocycles. The highest BCUT2D eigenvalue weighted by Gasteiger charge is 2.20. The van der Waals surface area contributed by atoms with E-state index in [4.69, 9.17) is 4.74 Å². The van der Waals surface area contributed by atoms with Gasteiger partial charge in [-0.05, 0) is 41.0 Å². The smallest absolute Gasteiger partial charge is 0.220 e. The summed E-state index contributed by atoms with van der Waals surface area (Å²) in [6.45, 7) is 7.98. The van der Waals surface area contributed by atoms with Gasteiger partial charge >= 0.3 is 0 Å². The molecular weight excluding hydrogens is 322 g/mol. The molecule has 0 aromatic heterocycles. The molecule has 1 atom stereocenters. The molecule has 0 bridgehead atoms. The molecule has 0 saturated heterocycles. The van der Waals surface area contributed by atoms with Crippen LogP contribution in [-0.2, 0) is 23.1 Å². The number of ether oxygens (including phenoxy) is 1. The number of amides is 1. The number of rotatable bonds is 5. The van der Waals surface area contributed by atoms with Gasteiger partial charge in [-0.25, -0.2) is 0 Å². The molecule has 3 heteroatoms. The number of para-hydroxylation sites is 1. The average molecular weight is 351 g/mol. The second kappa shape index (κ2) is 7.94. The van der Waals surface area contributed by atoms with Gasteiger partial charge in [0.05, 0.1) is 6.61 Å². The summed E-state index contributed by atoms with van der Waals surface area (Å²) in [5.74, 6) is 1.44.